The fourth-order valence-electron chi connectivity index (χ4n) is 5.54. The summed E-state index contributed by atoms with van der Waals surface area (Å²) in [5.41, 5.74) is 5.22. The number of carbonyl (C=O) groups is 1. The zero-order chi connectivity index (χ0) is 26.4. The summed E-state index contributed by atoms with van der Waals surface area (Å²) in [6.07, 6.45) is 4.54. The number of alkyl halides is 1. The third-order valence-corrected chi connectivity index (χ3v) is 7.87. The molecule has 1 aliphatic rings. The SMILES string of the molecule is CN(C)C(=O)c1ccc(C2(F)CCN(Cc3cc4c(-c5ccc6[nH]ncc6c5)ccnc4n3C)CC2)cc1. The molecule has 1 saturated heterocycles. The fraction of sp³-hybridized carbons (Fsp3) is 0.300. The Kier molecular flexibility index (Phi) is 5.99. The van der Waals surface area contributed by atoms with Crippen LogP contribution in [0.25, 0.3) is 33.1 Å². The molecule has 4 heterocycles. The normalized spacial score (nSPS) is 15.8. The van der Waals surface area contributed by atoms with Crippen molar-refractivity contribution in [1.82, 2.24) is 29.5 Å². The van der Waals surface area contributed by atoms with Crippen molar-refractivity contribution in [3.05, 3.63) is 83.8 Å². The van der Waals surface area contributed by atoms with E-state index in [1.165, 1.54) is 4.90 Å². The summed E-state index contributed by atoms with van der Waals surface area (Å²) in [5.74, 6) is -0.0751. The number of piperidine rings is 1. The fourth-order valence-corrected chi connectivity index (χ4v) is 5.54. The number of aromatic amines is 1. The van der Waals surface area contributed by atoms with Gasteiger partial charge in [-0.1, -0.05) is 18.2 Å². The second-order valence-corrected chi connectivity index (χ2v) is 10.5. The van der Waals surface area contributed by atoms with E-state index in [9.17, 15) is 4.79 Å². The van der Waals surface area contributed by atoms with E-state index in [2.05, 4.69) is 55.0 Å². The molecule has 1 N–H and O–H groups in total. The third-order valence-electron chi connectivity index (χ3n) is 7.87. The number of halogens is 1. The highest BCUT2D eigenvalue weighted by Gasteiger charge is 2.36. The Bertz CT molecular complexity index is 1630. The number of H-pyrrole nitrogens is 1. The maximum absolute atomic E-state index is 15.9. The summed E-state index contributed by atoms with van der Waals surface area (Å²) in [7, 11) is 5.48. The second kappa shape index (κ2) is 9.36. The maximum atomic E-state index is 15.9. The van der Waals surface area contributed by atoms with Gasteiger partial charge in [-0.25, -0.2) is 9.37 Å². The van der Waals surface area contributed by atoms with Crippen LogP contribution in [0.2, 0.25) is 0 Å². The summed E-state index contributed by atoms with van der Waals surface area (Å²) in [6, 6.07) is 17.6. The van der Waals surface area contributed by atoms with Gasteiger partial charge in [-0.15, -0.1) is 0 Å². The number of amides is 1. The number of rotatable bonds is 5. The number of nitrogens with one attached hydrogen (secondary N) is 1. The maximum Gasteiger partial charge on any atom is 0.253 e. The number of pyridine rings is 1. The van der Waals surface area contributed by atoms with E-state index in [0.29, 0.717) is 37.1 Å². The third kappa shape index (κ3) is 4.24. The Hall–Kier alpha value is -4.04. The van der Waals surface area contributed by atoms with Crippen molar-refractivity contribution in [2.24, 2.45) is 7.05 Å². The van der Waals surface area contributed by atoms with Crippen molar-refractivity contribution < 1.29 is 9.18 Å². The van der Waals surface area contributed by atoms with E-state index < -0.39 is 5.67 Å². The topological polar surface area (TPSA) is 70.1 Å². The quantitative estimate of drug-likeness (QED) is 0.349. The lowest BCUT2D eigenvalue weighted by molar-refractivity contribution is 0.0517. The Labute approximate surface area is 220 Å². The molecule has 0 saturated carbocycles. The van der Waals surface area contributed by atoms with Crippen LogP contribution >= 0.6 is 0 Å². The van der Waals surface area contributed by atoms with E-state index in [1.54, 1.807) is 38.4 Å². The lowest BCUT2D eigenvalue weighted by Gasteiger charge is -2.36. The average molecular weight is 511 g/mol. The zero-order valence-corrected chi connectivity index (χ0v) is 21.9. The number of aromatic nitrogens is 4. The first kappa shape index (κ1) is 24.3. The number of likely N-dealkylation sites (tertiary alicyclic amines) is 1. The van der Waals surface area contributed by atoms with Gasteiger partial charge < -0.3 is 9.47 Å². The van der Waals surface area contributed by atoms with Gasteiger partial charge >= 0.3 is 0 Å². The van der Waals surface area contributed by atoms with E-state index in [0.717, 1.165) is 45.3 Å². The molecule has 0 bridgehead atoms. The molecule has 8 heteroatoms. The van der Waals surface area contributed by atoms with Crippen molar-refractivity contribution in [2.75, 3.05) is 27.2 Å². The van der Waals surface area contributed by atoms with Gasteiger partial charge in [0.2, 0.25) is 0 Å². The van der Waals surface area contributed by atoms with Crippen molar-refractivity contribution in [3.63, 3.8) is 0 Å². The van der Waals surface area contributed by atoms with Crippen LogP contribution in [0.5, 0.6) is 0 Å². The first-order valence-electron chi connectivity index (χ1n) is 12.9. The largest absolute Gasteiger partial charge is 0.345 e. The standard InChI is InChI=1S/C30H31FN6O/c1-35(2)29(38)20-4-7-23(8-5-20)30(31)11-14-37(15-12-30)19-24-17-26-25(10-13-32-28(26)36(24)3)21-6-9-27-22(16-21)18-33-34-27/h4-10,13,16-18H,11-12,14-15,19H2,1-3H3,(H,33,34). The van der Waals surface area contributed by atoms with Gasteiger partial charge in [0.15, 0.2) is 0 Å². The number of aryl methyl sites for hydroxylation is 1. The first-order valence-corrected chi connectivity index (χ1v) is 12.9. The smallest absolute Gasteiger partial charge is 0.253 e. The highest BCUT2D eigenvalue weighted by molar-refractivity contribution is 5.96. The molecule has 6 rings (SSSR count). The average Bonchev–Trinajstić information content (AvgIpc) is 3.53. The van der Waals surface area contributed by atoms with Crippen LogP contribution in [0.4, 0.5) is 4.39 Å². The van der Waals surface area contributed by atoms with Gasteiger partial charge in [-0.05, 0) is 65.9 Å². The van der Waals surface area contributed by atoms with Crippen molar-refractivity contribution in [1.29, 1.82) is 0 Å². The Balaban J connectivity index is 1.19. The number of carbonyl (C=O) groups excluding carboxylic acids is 1. The van der Waals surface area contributed by atoms with Gasteiger partial charge in [-0.3, -0.25) is 14.8 Å². The Morgan fingerprint density at radius 2 is 1.84 bits per heavy atom. The van der Waals surface area contributed by atoms with Crippen LogP contribution in [0.15, 0.2) is 67.0 Å². The predicted octanol–water partition coefficient (Wildman–Crippen LogP) is 5.28. The number of hydrogen-bond donors (Lipinski definition) is 1. The van der Waals surface area contributed by atoms with Crippen molar-refractivity contribution in [2.45, 2.75) is 25.1 Å². The van der Waals surface area contributed by atoms with Crippen LogP contribution in [0.3, 0.4) is 0 Å². The molecule has 7 nitrogen and oxygen atoms in total. The number of benzene rings is 2. The predicted molar refractivity (Wildman–Crippen MR) is 148 cm³/mol. The van der Waals surface area contributed by atoms with Crippen LogP contribution < -0.4 is 0 Å². The van der Waals surface area contributed by atoms with Gasteiger partial charge in [-0.2, -0.15) is 5.10 Å². The summed E-state index contributed by atoms with van der Waals surface area (Å²) in [4.78, 5) is 20.7. The minimum atomic E-state index is -1.38. The highest BCUT2D eigenvalue weighted by Crippen LogP contribution is 2.38. The molecule has 0 radical (unpaired) electrons. The molecule has 0 aliphatic carbocycles. The van der Waals surface area contributed by atoms with Crippen LogP contribution in [0, 0.1) is 0 Å². The molecule has 5 aromatic rings. The highest BCUT2D eigenvalue weighted by atomic mass is 19.1. The summed E-state index contributed by atoms with van der Waals surface area (Å²) >= 11 is 0. The molecule has 0 atom stereocenters. The van der Waals surface area contributed by atoms with Gasteiger partial charge in [0, 0.05) is 69.0 Å². The minimum absolute atomic E-state index is 0.0751. The molecule has 1 aliphatic heterocycles. The molecule has 0 unspecified atom stereocenters. The molecule has 0 spiro atoms. The summed E-state index contributed by atoms with van der Waals surface area (Å²) in [5, 5.41) is 9.33. The van der Waals surface area contributed by atoms with Crippen LogP contribution in [-0.2, 0) is 19.3 Å². The Morgan fingerprint density at radius 1 is 1.08 bits per heavy atom. The lowest BCUT2D eigenvalue weighted by Crippen LogP contribution is -2.40. The zero-order valence-electron chi connectivity index (χ0n) is 21.9. The Morgan fingerprint density at radius 3 is 2.58 bits per heavy atom. The van der Waals surface area contributed by atoms with Gasteiger partial charge in [0.1, 0.15) is 11.3 Å². The summed E-state index contributed by atoms with van der Waals surface area (Å²) < 4.78 is 18.1. The minimum Gasteiger partial charge on any atom is -0.345 e. The lowest BCUT2D eigenvalue weighted by atomic mass is 9.85. The van der Waals surface area contributed by atoms with E-state index in [1.807, 2.05) is 19.4 Å². The number of nitrogens with zero attached hydrogens (tertiary/aromatic N) is 5. The molecule has 1 fully saturated rings. The number of fused-ring (bicyclic) bond motifs is 2. The van der Waals surface area contributed by atoms with Crippen LogP contribution in [0.1, 0.15) is 34.5 Å². The molecule has 38 heavy (non-hydrogen) atoms. The molecule has 1 amide bonds. The van der Waals surface area contributed by atoms with Crippen LogP contribution in [-0.4, -0.2) is 62.6 Å². The van der Waals surface area contributed by atoms with E-state index in [-0.39, 0.29) is 5.91 Å². The molecule has 194 valence electrons. The molecule has 2 aromatic carbocycles. The van der Waals surface area contributed by atoms with Gasteiger partial charge in [0.25, 0.3) is 5.91 Å². The molecular weight excluding hydrogens is 479 g/mol. The van der Waals surface area contributed by atoms with Crippen molar-refractivity contribution >= 4 is 27.8 Å². The second-order valence-electron chi connectivity index (χ2n) is 10.5. The van der Waals surface area contributed by atoms with Gasteiger partial charge in [0.05, 0.1) is 11.7 Å². The molecular formula is C30H31FN6O. The summed E-state index contributed by atoms with van der Waals surface area (Å²) in [6.45, 7) is 2.06. The number of hydrogen-bond acceptors (Lipinski definition) is 4. The van der Waals surface area contributed by atoms with E-state index in [4.69, 9.17) is 0 Å². The van der Waals surface area contributed by atoms with E-state index >= 15 is 4.39 Å². The van der Waals surface area contributed by atoms with Crippen molar-refractivity contribution in [3.8, 4) is 11.1 Å². The molecule has 3 aromatic heterocycles. The first-order chi connectivity index (χ1) is 18.3. The monoisotopic (exact) mass is 510 g/mol.